The topological polar surface area (TPSA) is 86.8 Å². The third-order valence-electron chi connectivity index (χ3n) is 5.26. The van der Waals surface area contributed by atoms with Gasteiger partial charge in [0.25, 0.3) is 10.0 Å². The van der Waals surface area contributed by atoms with Gasteiger partial charge in [0.05, 0.1) is 10.6 Å². The van der Waals surface area contributed by atoms with Crippen LogP contribution in [0.1, 0.15) is 12.5 Å². The molecule has 0 bridgehead atoms. The van der Waals surface area contributed by atoms with E-state index in [4.69, 9.17) is 0 Å². The number of hydrogen-bond acceptors (Lipinski definition) is 4. The smallest absolute Gasteiger partial charge is 0.264 e. The van der Waals surface area contributed by atoms with Crippen molar-refractivity contribution in [1.82, 2.24) is 10.2 Å². The lowest BCUT2D eigenvalue weighted by atomic mass is 10.1. The third-order valence-corrected chi connectivity index (χ3v) is 7.05. The Balaban J connectivity index is 1.98. The SMILES string of the molecule is CNC(=O)[C@H](C)N(Cc1ccccc1)C(=O)CN(c1ccccc1)S(=O)(=O)c1ccccc1. The van der Waals surface area contributed by atoms with Crippen LogP contribution in [0.25, 0.3) is 0 Å². The molecule has 0 radical (unpaired) electrons. The fourth-order valence-corrected chi connectivity index (χ4v) is 4.85. The number of nitrogens with zero attached hydrogens (tertiary/aromatic N) is 2. The number of rotatable bonds is 9. The molecule has 0 saturated carbocycles. The molecular weight excluding hydrogens is 438 g/mol. The van der Waals surface area contributed by atoms with Crippen LogP contribution in [0.3, 0.4) is 0 Å². The Labute approximate surface area is 194 Å². The van der Waals surface area contributed by atoms with Crippen LogP contribution in [0.15, 0.2) is 95.9 Å². The number of carbonyl (C=O) groups is 2. The standard InChI is InChI=1S/C25H27N3O4S/c1-20(25(30)26-2)27(18-21-12-6-3-7-13-21)24(29)19-28(22-14-8-4-9-15-22)33(31,32)23-16-10-5-11-17-23/h3-17,20H,18-19H2,1-2H3,(H,26,30)/t20-/m0/s1. The summed E-state index contributed by atoms with van der Waals surface area (Å²) in [5.41, 5.74) is 1.20. The molecule has 0 spiro atoms. The van der Waals surface area contributed by atoms with Gasteiger partial charge in [-0.3, -0.25) is 13.9 Å². The van der Waals surface area contributed by atoms with Crippen molar-refractivity contribution in [3.8, 4) is 0 Å². The van der Waals surface area contributed by atoms with Crippen LogP contribution in [0.2, 0.25) is 0 Å². The Morgan fingerprint density at radius 2 is 1.36 bits per heavy atom. The molecule has 33 heavy (non-hydrogen) atoms. The van der Waals surface area contributed by atoms with Crippen LogP contribution in [0.5, 0.6) is 0 Å². The van der Waals surface area contributed by atoms with Gasteiger partial charge in [0.1, 0.15) is 12.6 Å². The van der Waals surface area contributed by atoms with E-state index in [-0.39, 0.29) is 17.3 Å². The molecule has 0 unspecified atom stereocenters. The maximum absolute atomic E-state index is 13.5. The zero-order chi connectivity index (χ0) is 23.8. The number of sulfonamides is 1. The van der Waals surface area contributed by atoms with Crippen molar-refractivity contribution in [2.24, 2.45) is 0 Å². The van der Waals surface area contributed by atoms with Gasteiger partial charge in [-0.2, -0.15) is 0 Å². The largest absolute Gasteiger partial charge is 0.357 e. The quantitative estimate of drug-likeness (QED) is 0.526. The third kappa shape index (κ3) is 5.78. The van der Waals surface area contributed by atoms with Crippen molar-refractivity contribution in [2.75, 3.05) is 17.9 Å². The predicted octanol–water partition coefficient (Wildman–Crippen LogP) is 3.05. The van der Waals surface area contributed by atoms with Crippen molar-refractivity contribution in [2.45, 2.75) is 24.4 Å². The Bertz CT molecular complexity index is 1170. The molecule has 1 atom stereocenters. The number of amides is 2. The molecule has 8 heteroatoms. The van der Waals surface area contributed by atoms with Crippen LogP contribution in [0, 0.1) is 0 Å². The zero-order valence-electron chi connectivity index (χ0n) is 18.6. The summed E-state index contributed by atoms with van der Waals surface area (Å²) in [4.78, 5) is 27.4. The van der Waals surface area contributed by atoms with Gasteiger partial charge in [0.2, 0.25) is 11.8 Å². The van der Waals surface area contributed by atoms with E-state index in [0.717, 1.165) is 9.87 Å². The van der Waals surface area contributed by atoms with Gasteiger partial charge in [-0.05, 0) is 36.8 Å². The first-order valence-corrected chi connectivity index (χ1v) is 12.0. The van der Waals surface area contributed by atoms with Gasteiger partial charge in [0, 0.05) is 13.6 Å². The van der Waals surface area contributed by atoms with Crippen molar-refractivity contribution in [3.63, 3.8) is 0 Å². The Kier molecular flexibility index (Phi) is 7.84. The molecule has 172 valence electrons. The molecule has 3 rings (SSSR count). The molecule has 2 amide bonds. The molecule has 0 aromatic heterocycles. The summed E-state index contributed by atoms with van der Waals surface area (Å²) in [6.07, 6.45) is 0. The molecule has 3 aromatic carbocycles. The van der Waals surface area contributed by atoms with Crippen LogP contribution in [-0.2, 0) is 26.2 Å². The maximum Gasteiger partial charge on any atom is 0.264 e. The summed E-state index contributed by atoms with van der Waals surface area (Å²) < 4.78 is 28.1. The van der Waals surface area contributed by atoms with Gasteiger partial charge in [0.15, 0.2) is 0 Å². The monoisotopic (exact) mass is 465 g/mol. The number of anilines is 1. The molecular formula is C25H27N3O4S. The second-order valence-corrected chi connectivity index (χ2v) is 9.32. The van der Waals surface area contributed by atoms with E-state index in [1.54, 1.807) is 55.5 Å². The summed E-state index contributed by atoms with van der Waals surface area (Å²) in [5, 5.41) is 2.56. The average molecular weight is 466 g/mol. The van der Waals surface area contributed by atoms with E-state index >= 15 is 0 Å². The van der Waals surface area contributed by atoms with Gasteiger partial charge < -0.3 is 10.2 Å². The van der Waals surface area contributed by atoms with Crippen LogP contribution in [0.4, 0.5) is 5.69 Å². The Morgan fingerprint density at radius 3 is 1.91 bits per heavy atom. The number of hydrogen-bond donors (Lipinski definition) is 1. The summed E-state index contributed by atoms with van der Waals surface area (Å²) >= 11 is 0. The lowest BCUT2D eigenvalue weighted by Crippen LogP contribution is -2.50. The summed E-state index contributed by atoms with van der Waals surface area (Å²) in [6, 6.07) is 24.9. The molecule has 3 aromatic rings. The van der Waals surface area contributed by atoms with Crippen LogP contribution < -0.4 is 9.62 Å². The highest BCUT2D eigenvalue weighted by Crippen LogP contribution is 2.24. The van der Waals surface area contributed by atoms with E-state index in [0.29, 0.717) is 5.69 Å². The summed E-state index contributed by atoms with van der Waals surface area (Å²) in [5.74, 6) is -0.824. The first-order valence-electron chi connectivity index (χ1n) is 10.5. The number of nitrogens with one attached hydrogen (secondary N) is 1. The van der Waals surface area contributed by atoms with Crippen molar-refractivity contribution < 1.29 is 18.0 Å². The molecule has 0 saturated heterocycles. The second-order valence-electron chi connectivity index (χ2n) is 7.46. The molecule has 0 heterocycles. The summed E-state index contributed by atoms with van der Waals surface area (Å²) in [7, 11) is -2.52. The van der Waals surface area contributed by atoms with Crippen molar-refractivity contribution in [3.05, 3.63) is 96.6 Å². The minimum atomic E-state index is -4.02. The molecule has 0 aliphatic rings. The highest BCUT2D eigenvalue weighted by atomic mass is 32.2. The molecule has 1 N–H and O–H groups in total. The highest BCUT2D eigenvalue weighted by molar-refractivity contribution is 7.92. The van der Waals surface area contributed by atoms with E-state index in [9.17, 15) is 18.0 Å². The number of para-hydroxylation sites is 1. The predicted molar refractivity (Wildman–Crippen MR) is 128 cm³/mol. The molecule has 0 fully saturated rings. The zero-order valence-corrected chi connectivity index (χ0v) is 19.4. The number of benzene rings is 3. The van der Waals surface area contributed by atoms with Crippen molar-refractivity contribution in [1.29, 1.82) is 0 Å². The first kappa shape index (κ1) is 24.0. The number of carbonyl (C=O) groups excluding carboxylic acids is 2. The Hall–Kier alpha value is -3.65. The van der Waals surface area contributed by atoms with Gasteiger partial charge in [-0.25, -0.2) is 8.42 Å². The fourth-order valence-electron chi connectivity index (χ4n) is 3.41. The second kappa shape index (κ2) is 10.8. The van der Waals surface area contributed by atoms with Gasteiger partial charge in [-0.1, -0.05) is 66.7 Å². The van der Waals surface area contributed by atoms with E-state index < -0.39 is 28.5 Å². The summed E-state index contributed by atoms with van der Waals surface area (Å²) in [6.45, 7) is 1.34. The van der Waals surface area contributed by atoms with Gasteiger partial charge in [-0.15, -0.1) is 0 Å². The van der Waals surface area contributed by atoms with Crippen molar-refractivity contribution >= 4 is 27.5 Å². The Morgan fingerprint density at radius 1 is 0.848 bits per heavy atom. The normalized spacial score (nSPS) is 11.9. The number of likely N-dealkylation sites (N-methyl/N-ethyl adjacent to an activating group) is 1. The average Bonchev–Trinajstić information content (AvgIpc) is 2.86. The minimum absolute atomic E-state index is 0.0793. The van der Waals surface area contributed by atoms with Gasteiger partial charge >= 0.3 is 0 Å². The first-order chi connectivity index (χ1) is 15.8. The lowest BCUT2D eigenvalue weighted by Gasteiger charge is -2.31. The fraction of sp³-hybridized carbons (Fsp3) is 0.200. The van der Waals surface area contributed by atoms with Crippen LogP contribution >= 0.6 is 0 Å². The van der Waals surface area contributed by atoms with E-state index in [1.165, 1.54) is 24.1 Å². The van der Waals surface area contributed by atoms with E-state index in [1.807, 2.05) is 30.3 Å². The van der Waals surface area contributed by atoms with Crippen LogP contribution in [-0.4, -0.2) is 44.8 Å². The highest BCUT2D eigenvalue weighted by Gasteiger charge is 2.32. The molecule has 7 nitrogen and oxygen atoms in total. The molecule has 0 aliphatic carbocycles. The lowest BCUT2D eigenvalue weighted by molar-refractivity contribution is -0.139. The minimum Gasteiger partial charge on any atom is -0.357 e. The van der Waals surface area contributed by atoms with E-state index in [2.05, 4.69) is 5.32 Å². The maximum atomic E-state index is 13.5. The molecule has 0 aliphatic heterocycles.